The van der Waals surface area contributed by atoms with Gasteiger partial charge < -0.3 is 19.3 Å². The molecule has 12 nitrogen and oxygen atoms in total. The van der Waals surface area contributed by atoms with Crippen molar-refractivity contribution in [2.45, 2.75) is 37.6 Å². The van der Waals surface area contributed by atoms with Crippen molar-refractivity contribution in [1.82, 2.24) is 24.6 Å². The first-order valence-corrected chi connectivity index (χ1v) is 17.5. The predicted octanol–water partition coefficient (Wildman–Crippen LogP) is 5.44. The Bertz CT molecular complexity index is 1980. The molecule has 0 bridgehead atoms. The van der Waals surface area contributed by atoms with Crippen LogP contribution in [0.5, 0.6) is 0 Å². The van der Waals surface area contributed by atoms with Crippen molar-refractivity contribution in [3.05, 3.63) is 84.3 Å². The van der Waals surface area contributed by atoms with Crippen LogP contribution in [-0.4, -0.2) is 91.6 Å². The number of carbonyl (C=O) groups is 2. The van der Waals surface area contributed by atoms with Crippen LogP contribution in [0.25, 0.3) is 22.4 Å². The predicted molar refractivity (Wildman–Crippen MR) is 178 cm³/mol. The number of aromatic nitrogens is 3. The minimum atomic E-state index is -5.24. The normalized spacial score (nSPS) is 13.5. The van der Waals surface area contributed by atoms with E-state index in [1.807, 2.05) is 0 Å². The first-order valence-electron chi connectivity index (χ1n) is 16.1. The van der Waals surface area contributed by atoms with E-state index in [0.29, 0.717) is 42.4 Å². The van der Waals surface area contributed by atoms with Gasteiger partial charge in [-0.25, -0.2) is 35.1 Å². The number of amides is 1. The van der Waals surface area contributed by atoms with E-state index in [1.54, 1.807) is 29.9 Å². The van der Waals surface area contributed by atoms with Crippen LogP contribution >= 0.6 is 0 Å². The summed E-state index contributed by atoms with van der Waals surface area (Å²) >= 11 is 0. The van der Waals surface area contributed by atoms with Crippen LogP contribution in [-0.2, 0) is 30.8 Å². The highest BCUT2D eigenvalue weighted by atomic mass is 32.2. The van der Waals surface area contributed by atoms with E-state index in [9.17, 15) is 26.8 Å². The molecule has 1 fully saturated rings. The fourth-order valence-electron chi connectivity index (χ4n) is 5.59. The Hall–Kier alpha value is -5.03. The summed E-state index contributed by atoms with van der Waals surface area (Å²) in [6.07, 6.45) is 6.63. The lowest BCUT2D eigenvalue weighted by molar-refractivity contribution is -0.143. The number of likely N-dealkylation sites (N-methyl/N-ethyl adjacent to an activating group) is 1. The van der Waals surface area contributed by atoms with Crippen molar-refractivity contribution >= 4 is 27.8 Å². The molecular formula is C34H36F4N6O6S. The van der Waals surface area contributed by atoms with E-state index < -0.39 is 74.8 Å². The second kappa shape index (κ2) is 16.3. The maximum absolute atomic E-state index is 16.8. The summed E-state index contributed by atoms with van der Waals surface area (Å²) in [6.45, 7) is 2.55. The third-order valence-electron chi connectivity index (χ3n) is 8.17. The van der Waals surface area contributed by atoms with Gasteiger partial charge in [-0.1, -0.05) is 6.42 Å². The number of esters is 1. The molecule has 0 saturated carbocycles. The first kappa shape index (κ1) is 37.2. The number of piperidine rings is 1. The molecule has 1 aliphatic heterocycles. The number of hydrogen-bond acceptors (Lipinski definition) is 9. The summed E-state index contributed by atoms with van der Waals surface area (Å²) in [5.74, 6) is -5.85. The second-order valence-corrected chi connectivity index (χ2v) is 13.5. The van der Waals surface area contributed by atoms with Crippen molar-refractivity contribution in [2.24, 2.45) is 0 Å². The molecule has 0 aliphatic carbocycles. The SMILES string of the molecule is CCOC(=O)CN(C)C(=O)OCN(c1ccc(F)c(-c2nn(CCN3CCCCC3)cc2-c2ccncc2)c1F)S(=O)(=O)c1cc(F)ccc1F. The number of nitrogens with zero attached hydrogens (tertiary/aromatic N) is 6. The Morgan fingerprint density at radius 3 is 2.33 bits per heavy atom. The minimum absolute atomic E-state index is 0.0265. The monoisotopic (exact) mass is 732 g/mol. The zero-order valence-corrected chi connectivity index (χ0v) is 28.7. The molecule has 2 aromatic heterocycles. The van der Waals surface area contributed by atoms with Crippen molar-refractivity contribution in [3.63, 3.8) is 0 Å². The molecule has 1 amide bonds. The van der Waals surface area contributed by atoms with Gasteiger partial charge in [0.25, 0.3) is 10.0 Å². The Labute approximate surface area is 292 Å². The summed E-state index contributed by atoms with van der Waals surface area (Å²) in [4.78, 5) is 30.5. The van der Waals surface area contributed by atoms with E-state index in [-0.39, 0.29) is 16.6 Å². The number of likely N-dealkylation sites (tertiary alicyclic amines) is 1. The Kier molecular flexibility index (Phi) is 11.9. The van der Waals surface area contributed by atoms with Crippen LogP contribution in [0.2, 0.25) is 0 Å². The van der Waals surface area contributed by atoms with Crippen LogP contribution in [0, 0.1) is 23.3 Å². The number of benzene rings is 2. The molecule has 0 unspecified atom stereocenters. The smallest absolute Gasteiger partial charge is 0.411 e. The van der Waals surface area contributed by atoms with Crippen LogP contribution in [0.15, 0.2) is 66.0 Å². The lowest BCUT2D eigenvalue weighted by Crippen LogP contribution is -2.39. The standard InChI is InChI=1S/C34H36F4N6O6S/c1-3-49-30(45)21-41(2)34(46)50-22-44(51(47,48)29-19-24(35)7-8-26(29)36)28-10-9-27(37)31(32(28)38)33-25(23-11-13-39-14-12-23)20-43(40-33)18-17-42-15-5-4-6-16-42/h7-14,19-20H,3-6,15-18,21-22H2,1-2H3. The molecule has 0 N–H and O–H groups in total. The zero-order chi connectivity index (χ0) is 36.7. The van der Waals surface area contributed by atoms with Gasteiger partial charge >= 0.3 is 12.1 Å². The van der Waals surface area contributed by atoms with Crippen LogP contribution < -0.4 is 4.31 Å². The van der Waals surface area contributed by atoms with Crippen LogP contribution in [0.4, 0.5) is 28.0 Å². The molecular weight excluding hydrogens is 696 g/mol. The number of ether oxygens (including phenoxy) is 2. The average molecular weight is 733 g/mol. The Morgan fingerprint density at radius 1 is 0.922 bits per heavy atom. The number of pyridine rings is 1. The number of hydrogen-bond donors (Lipinski definition) is 0. The molecule has 3 heterocycles. The van der Waals surface area contributed by atoms with Gasteiger partial charge in [0.15, 0.2) is 12.5 Å². The van der Waals surface area contributed by atoms with E-state index in [1.165, 1.54) is 12.4 Å². The molecule has 51 heavy (non-hydrogen) atoms. The van der Waals surface area contributed by atoms with Crippen LogP contribution in [0.1, 0.15) is 26.2 Å². The van der Waals surface area contributed by atoms with Gasteiger partial charge in [0.2, 0.25) is 0 Å². The largest absolute Gasteiger partial charge is 0.465 e. The molecule has 272 valence electrons. The highest BCUT2D eigenvalue weighted by Gasteiger charge is 2.34. The van der Waals surface area contributed by atoms with Gasteiger partial charge in [-0.15, -0.1) is 0 Å². The van der Waals surface area contributed by atoms with Gasteiger partial charge in [-0.05, 0) is 80.9 Å². The topological polar surface area (TPSA) is 127 Å². The number of anilines is 1. The van der Waals surface area contributed by atoms with E-state index >= 15 is 8.78 Å². The van der Waals surface area contributed by atoms with Gasteiger partial charge in [0.1, 0.15) is 34.6 Å². The van der Waals surface area contributed by atoms with Crippen molar-refractivity contribution in [2.75, 3.05) is 50.9 Å². The number of halogens is 4. The highest BCUT2D eigenvalue weighted by Crippen LogP contribution is 2.39. The molecule has 2 aromatic carbocycles. The fraction of sp³-hybridized carbons (Fsp3) is 0.353. The molecule has 5 rings (SSSR count). The molecule has 4 aromatic rings. The van der Waals surface area contributed by atoms with E-state index in [0.717, 1.165) is 56.4 Å². The number of carbonyl (C=O) groups excluding carboxylic acids is 2. The molecule has 0 spiro atoms. The zero-order valence-electron chi connectivity index (χ0n) is 27.9. The van der Waals surface area contributed by atoms with Crippen molar-refractivity contribution < 1.29 is 45.0 Å². The number of rotatable bonds is 13. The maximum Gasteiger partial charge on any atom is 0.411 e. The lowest BCUT2D eigenvalue weighted by atomic mass is 10.0. The summed E-state index contributed by atoms with van der Waals surface area (Å²) in [6, 6.07) is 6.40. The Balaban J connectivity index is 1.58. The molecule has 0 radical (unpaired) electrons. The first-order chi connectivity index (χ1) is 24.4. The summed E-state index contributed by atoms with van der Waals surface area (Å²) in [5, 5.41) is 4.53. The third-order valence-corrected chi connectivity index (χ3v) is 9.92. The van der Waals surface area contributed by atoms with E-state index in [4.69, 9.17) is 9.47 Å². The molecule has 1 saturated heterocycles. The van der Waals surface area contributed by atoms with E-state index in [2.05, 4.69) is 15.0 Å². The summed E-state index contributed by atoms with van der Waals surface area (Å²) in [5.41, 5.74) is -0.930. The summed E-state index contributed by atoms with van der Waals surface area (Å²) < 4.78 is 101. The Morgan fingerprint density at radius 2 is 1.63 bits per heavy atom. The summed E-state index contributed by atoms with van der Waals surface area (Å²) in [7, 11) is -4.09. The molecule has 17 heteroatoms. The quantitative estimate of drug-likeness (QED) is 0.100. The average Bonchev–Trinajstić information content (AvgIpc) is 3.53. The second-order valence-electron chi connectivity index (χ2n) is 11.7. The van der Waals surface area contributed by atoms with Gasteiger partial charge in [-0.2, -0.15) is 5.10 Å². The van der Waals surface area contributed by atoms with Crippen molar-refractivity contribution in [3.8, 4) is 22.4 Å². The van der Waals surface area contributed by atoms with Gasteiger partial charge in [-0.3, -0.25) is 14.5 Å². The van der Waals surface area contributed by atoms with Gasteiger partial charge in [0.05, 0.1) is 24.4 Å². The van der Waals surface area contributed by atoms with Crippen molar-refractivity contribution in [1.29, 1.82) is 0 Å². The fourth-order valence-corrected chi connectivity index (χ4v) is 7.00. The highest BCUT2D eigenvalue weighted by molar-refractivity contribution is 7.92. The lowest BCUT2D eigenvalue weighted by Gasteiger charge is -2.26. The number of sulfonamides is 1. The third kappa shape index (κ3) is 8.65. The molecule has 0 atom stereocenters. The minimum Gasteiger partial charge on any atom is -0.465 e. The van der Waals surface area contributed by atoms with Crippen LogP contribution in [0.3, 0.4) is 0 Å². The molecule has 1 aliphatic rings. The maximum atomic E-state index is 16.8. The van der Waals surface area contributed by atoms with Gasteiger partial charge in [0, 0.05) is 37.7 Å².